The standard InChI is InChI=1S/C24H23NO3S/c1-27-22-13-6-5-12-21(22)23(26)25-14-15-29-24(25)19-10-7-11-20(16-19)28-17-18-8-3-2-4-9-18/h2-13,16,24H,14-15,17H2,1H3/t24-/m1/s1. The fraction of sp³-hybridized carbons (Fsp3) is 0.208. The molecular weight excluding hydrogens is 382 g/mol. The Morgan fingerprint density at radius 2 is 1.83 bits per heavy atom. The second kappa shape index (κ2) is 9.05. The molecule has 1 aliphatic rings. The van der Waals surface area contributed by atoms with E-state index < -0.39 is 0 Å². The highest BCUT2D eigenvalue weighted by Crippen LogP contribution is 2.40. The van der Waals surface area contributed by atoms with Crippen LogP contribution in [0, 0.1) is 0 Å². The van der Waals surface area contributed by atoms with Crippen LogP contribution in [-0.2, 0) is 6.61 Å². The molecule has 1 fully saturated rings. The first-order valence-corrected chi connectivity index (χ1v) is 10.6. The Bertz CT molecular complexity index is 977. The van der Waals surface area contributed by atoms with E-state index in [0.29, 0.717) is 24.5 Å². The number of thioether (sulfide) groups is 1. The van der Waals surface area contributed by atoms with Gasteiger partial charge < -0.3 is 14.4 Å². The molecule has 0 N–H and O–H groups in total. The Morgan fingerprint density at radius 1 is 1.03 bits per heavy atom. The first-order chi connectivity index (χ1) is 14.3. The molecule has 1 saturated heterocycles. The van der Waals surface area contributed by atoms with Gasteiger partial charge in [0.2, 0.25) is 0 Å². The zero-order valence-corrected chi connectivity index (χ0v) is 17.1. The van der Waals surface area contributed by atoms with Gasteiger partial charge >= 0.3 is 0 Å². The summed E-state index contributed by atoms with van der Waals surface area (Å²) in [5.41, 5.74) is 2.79. The molecular formula is C24H23NO3S. The molecule has 0 aromatic heterocycles. The molecule has 3 aromatic rings. The van der Waals surface area contributed by atoms with Crippen molar-refractivity contribution in [2.24, 2.45) is 0 Å². The average molecular weight is 406 g/mol. The average Bonchev–Trinajstić information content (AvgIpc) is 3.28. The van der Waals surface area contributed by atoms with Crippen LogP contribution in [0.2, 0.25) is 0 Å². The summed E-state index contributed by atoms with van der Waals surface area (Å²) in [5.74, 6) is 2.31. The van der Waals surface area contributed by atoms with Crippen LogP contribution in [-0.4, -0.2) is 30.2 Å². The number of amides is 1. The lowest BCUT2D eigenvalue weighted by Crippen LogP contribution is -2.30. The number of hydrogen-bond donors (Lipinski definition) is 0. The Hall–Kier alpha value is -2.92. The van der Waals surface area contributed by atoms with E-state index in [-0.39, 0.29) is 11.3 Å². The number of nitrogens with zero attached hydrogens (tertiary/aromatic N) is 1. The van der Waals surface area contributed by atoms with Crippen molar-refractivity contribution < 1.29 is 14.3 Å². The smallest absolute Gasteiger partial charge is 0.258 e. The largest absolute Gasteiger partial charge is 0.496 e. The van der Waals surface area contributed by atoms with E-state index in [1.165, 1.54) is 0 Å². The van der Waals surface area contributed by atoms with Crippen LogP contribution >= 0.6 is 11.8 Å². The maximum Gasteiger partial charge on any atom is 0.258 e. The SMILES string of the molecule is COc1ccccc1C(=O)N1CCS[C@@H]1c1cccc(OCc2ccccc2)c1. The van der Waals surface area contributed by atoms with Crippen LogP contribution in [0.15, 0.2) is 78.9 Å². The van der Waals surface area contributed by atoms with Crippen LogP contribution < -0.4 is 9.47 Å². The quantitative estimate of drug-likeness (QED) is 0.568. The highest BCUT2D eigenvalue weighted by atomic mass is 32.2. The van der Waals surface area contributed by atoms with Gasteiger partial charge in [0, 0.05) is 12.3 Å². The molecule has 1 amide bonds. The number of carbonyl (C=O) groups excluding carboxylic acids is 1. The van der Waals surface area contributed by atoms with Crippen molar-refractivity contribution in [1.82, 2.24) is 4.90 Å². The lowest BCUT2D eigenvalue weighted by Gasteiger charge is -2.25. The molecule has 1 heterocycles. The number of hydrogen-bond acceptors (Lipinski definition) is 4. The monoisotopic (exact) mass is 405 g/mol. The van der Waals surface area contributed by atoms with Crippen LogP contribution in [0.4, 0.5) is 0 Å². The third-order valence-corrected chi connectivity index (χ3v) is 6.14. The molecule has 5 heteroatoms. The van der Waals surface area contributed by atoms with E-state index in [1.54, 1.807) is 18.9 Å². The van der Waals surface area contributed by atoms with Crippen molar-refractivity contribution in [3.8, 4) is 11.5 Å². The fourth-order valence-corrected chi connectivity index (χ4v) is 4.67. The van der Waals surface area contributed by atoms with Crippen molar-refractivity contribution in [3.05, 3.63) is 95.6 Å². The van der Waals surface area contributed by atoms with E-state index in [9.17, 15) is 4.79 Å². The maximum atomic E-state index is 13.2. The first-order valence-electron chi connectivity index (χ1n) is 9.58. The lowest BCUT2D eigenvalue weighted by atomic mass is 10.1. The van der Waals surface area contributed by atoms with Crippen molar-refractivity contribution in [1.29, 1.82) is 0 Å². The Labute approximate surface area is 175 Å². The summed E-state index contributed by atoms with van der Waals surface area (Å²) in [6.07, 6.45) is 0. The highest BCUT2D eigenvalue weighted by Gasteiger charge is 2.32. The van der Waals surface area contributed by atoms with Gasteiger partial charge in [-0.15, -0.1) is 11.8 Å². The zero-order valence-electron chi connectivity index (χ0n) is 16.3. The summed E-state index contributed by atoms with van der Waals surface area (Å²) in [6.45, 7) is 1.23. The second-order valence-corrected chi connectivity index (χ2v) is 7.96. The second-order valence-electron chi connectivity index (χ2n) is 6.77. The molecule has 0 bridgehead atoms. The topological polar surface area (TPSA) is 38.8 Å². The number of carbonyl (C=O) groups is 1. The van der Waals surface area contributed by atoms with Gasteiger partial charge in [0.05, 0.1) is 12.7 Å². The summed E-state index contributed by atoms with van der Waals surface area (Å²) in [4.78, 5) is 15.1. The van der Waals surface area contributed by atoms with Crippen molar-refractivity contribution >= 4 is 17.7 Å². The molecule has 0 unspecified atom stereocenters. The fourth-order valence-electron chi connectivity index (χ4n) is 3.43. The molecule has 148 valence electrons. The summed E-state index contributed by atoms with van der Waals surface area (Å²) >= 11 is 1.77. The van der Waals surface area contributed by atoms with Crippen molar-refractivity contribution in [2.75, 3.05) is 19.4 Å². The molecule has 4 nitrogen and oxygen atoms in total. The molecule has 1 aliphatic heterocycles. The van der Waals surface area contributed by atoms with Crippen LogP contribution in [0.25, 0.3) is 0 Å². The van der Waals surface area contributed by atoms with Crippen LogP contribution in [0.3, 0.4) is 0 Å². The summed E-state index contributed by atoms with van der Waals surface area (Å²) in [6, 6.07) is 25.5. The molecule has 0 radical (unpaired) electrons. The maximum absolute atomic E-state index is 13.2. The minimum atomic E-state index is -0.0345. The predicted molar refractivity (Wildman–Crippen MR) is 116 cm³/mol. The number of para-hydroxylation sites is 1. The Kier molecular flexibility index (Phi) is 6.06. The van der Waals surface area contributed by atoms with Gasteiger partial charge in [-0.3, -0.25) is 4.79 Å². The number of rotatable bonds is 6. The summed E-state index contributed by atoms with van der Waals surface area (Å²) in [5, 5.41) is -0.0345. The molecule has 0 spiro atoms. The van der Waals surface area contributed by atoms with Gasteiger partial charge in [0.15, 0.2) is 0 Å². The van der Waals surface area contributed by atoms with E-state index in [2.05, 4.69) is 6.07 Å². The molecule has 0 aliphatic carbocycles. The van der Waals surface area contributed by atoms with E-state index in [0.717, 1.165) is 22.6 Å². The van der Waals surface area contributed by atoms with Gasteiger partial charge in [0.1, 0.15) is 23.5 Å². The third kappa shape index (κ3) is 4.40. The minimum absolute atomic E-state index is 0.00643. The van der Waals surface area contributed by atoms with E-state index in [4.69, 9.17) is 9.47 Å². The molecule has 4 rings (SSSR count). The number of benzene rings is 3. The summed E-state index contributed by atoms with van der Waals surface area (Å²) in [7, 11) is 1.59. The predicted octanol–water partition coefficient (Wildman–Crippen LogP) is 5.16. The van der Waals surface area contributed by atoms with E-state index >= 15 is 0 Å². The Balaban J connectivity index is 1.52. The van der Waals surface area contributed by atoms with Gasteiger partial charge in [-0.25, -0.2) is 0 Å². The van der Waals surface area contributed by atoms with Crippen LogP contribution in [0.1, 0.15) is 26.9 Å². The number of ether oxygens (including phenoxy) is 2. The van der Waals surface area contributed by atoms with Gasteiger partial charge in [-0.2, -0.15) is 0 Å². The summed E-state index contributed by atoms with van der Waals surface area (Å²) < 4.78 is 11.4. The highest BCUT2D eigenvalue weighted by molar-refractivity contribution is 7.99. The van der Waals surface area contributed by atoms with Crippen molar-refractivity contribution in [2.45, 2.75) is 12.0 Å². The lowest BCUT2D eigenvalue weighted by molar-refractivity contribution is 0.0756. The molecule has 0 saturated carbocycles. The molecule has 29 heavy (non-hydrogen) atoms. The first kappa shape index (κ1) is 19.4. The normalized spacial score (nSPS) is 15.9. The van der Waals surface area contributed by atoms with Crippen LogP contribution in [0.5, 0.6) is 11.5 Å². The van der Waals surface area contributed by atoms with Gasteiger partial charge in [0.25, 0.3) is 5.91 Å². The van der Waals surface area contributed by atoms with E-state index in [1.807, 2.05) is 77.7 Å². The molecule has 1 atom stereocenters. The number of methoxy groups -OCH3 is 1. The van der Waals surface area contributed by atoms with Gasteiger partial charge in [-0.05, 0) is 35.4 Å². The zero-order chi connectivity index (χ0) is 20.1. The Morgan fingerprint density at radius 3 is 2.66 bits per heavy atom. The minimum Gasteiger partial charge on any atom is -0.496 e. The molecule has 3 aromatic carbocycles. The third-order valence-electron chi connectivity index (χ3n) is 4.88. The van der Waals surface area contributed by atoms with Crippen molar-refractivity contribution in [3.63, 3.8) is 0 Å². The van der Waals surface area contributed by atoms with Gasteiger partial charge in [-0.1, -0.05) is 54.6 Å².